The Bertz CT molecular complexity index is 479. The minimum absolute atomic E-state index is 0.322. The van der Waals surface area contributed by atoms with Gasteiger partial charge in [0.1, 0.15) is 5.82 Å². The van der Waals surface area contributed by atoms with E-state index in [1.54, 1.807) is 0 Å². The molecule has 2 fully saturated rings. The van der Waals surface area contributed by atoms with E-state index >= 15 is 0 Å². The van der Waals surface area contributed by atoms with Crippen LogP contribution in [0.1, 0.15) is 37.3 Å². The number of nitrogens with zero attached hydrogens (tertiary/aromatic N) is 4. The van der Waals surface area contributed by atoms with E-state index in [0.717, 1.165) is 37.4 Å². The maximum Gasteiger partial charge on any atom is 0.222 e. The van der Waals surface area contributed by atoms with E-state index in [0.29, 0.717) is 17.9 Å². The maximum absolute atomic E-state index is 5.88. The topological polar surface area (TPSA) is 84.3 Å². The molecule has 1 saturated heterocycles. The number of nitrogens with two attached hydrogens (primary N) is 2. The second-order valence-corrected chi connectivity index (χ2v) is 6.41. The van der Waals surface area contributed by atoms with Gasteiger partial charge in [0.05, 0.1) is 5.69 Å². The third kappa shape index (κ3) is 3.44. The summed E-state index contributed by atoms with van der Waals surface area (Å²) < 4.78 is 0. The van der Waals surface area contributed by atoms with Gasteiger partial charge in [-0.05, 0) is 38.8 Å². The molecule has 3 rings (SSSR count). The Kier molecular flexibility index (Phi) is 4.26. The van der Waals surface area contributed by atoms with E-state index < -0.39 is 0 Å². The molecule has 1 aliphatic heterocycles. The quantitative estimate of drug-likeness (QED) is 0.834. The second-order valence-electron chi connectivity index (χ2n) is 6.41. The number of hydrogen-bond acceptors (Lipinski definition) is 6. The van der Waals surface area contributed by atoms with Crippen molar-refractivity contribution >= 4 is 11.8 Å². The van der Waals surface area contributed by atoms with Crippen molar-refractivity contribution < 1.29 is 0 Å². The molecule has 1 aromatic rings. The summed E-state index contributed by atoms with van der Waals surface area (Å²) in [6.45, 7) is 4.51. The molecule has 116 valence electrons. The van der Waals surface area contributed by atoms with Crippen LogP contribution in [0.2, 0.25) is 0 Å². The summed E-state index contributed by atoms with van der Waals surface area (Å²) >= 11 is 0. The van der Waals surface area contributed by atoms with Crippen LogP contribution in [-0.4, -0.2) is 54.1 Å². The minimum Gasteiger partial charge on any atom is -0.368 e. The fourth-order valence-corrected chi connectivity index (χ4v) is 3.19. The fourth-order valence-electron chi connectivity index (χ4n) is 3.19. The zero-order chi connectivity index (χ0) is 14.8. The third-order valence-electron chi connectivity index (χ3n) is 4.68. The zero-order valence-electron chi connectivity index (χ0n) is 12.8. The van der Waals surface area contributed by atoms with E-state index in [1.807, 2.05) is 0 Å². The molecule has 21 heavy (non-hydrogen) atoms. The molecule has 0 unspecified atom stereocenters. The van der Waals surface area contributed by atoms with Crippen molar-refractivity contribution in [2.24, 2.45) is 5.73 Å². The molecule has 1 aliphatic carbocycles. The van der Waals surface area contributed by atoms with Crippen LogP contribution < -0.4 is 16.4 Å². The molecular formula is C15H26N6. The van der Waals surface area contributed by atoms with Crippen LogP contribution in [-0.2, 0) is 0 Å². The number of nitrogen functional groups attached to an aromatic ring is 1. The molecule has 6 nitrogen and oxygen atoms in total. The number of aromatic nitrogens is 2. The number of hydrogen-bond donors (Lipinski definition) is 2. The average Bonchev–Trinajstić information content (AvgIpc) is 2.94. The van der Waals surface area contributed by atoms with Crippen molar-refractivity contribution in [3.63, 3.8) is 0 Å². The molecule has 0 aromatic carbocycles. The normalized spacial score (nSPS) is 25.8. The first-order valence-electron chi connectivity index (χ1n) is 7.95. The third-order valence-corrected chi connectivity index (χ3v) is 4.68. The van der Waals surface area contributed by atoms with Gasteiger partial charge in [-0.15, -0.1) is 0 Å². The molecular weight excluding hydrogens is 264 g/mol. The molecule has 6 heteroatoms. The van der Waals surface area contributed by atoms with Crippen LogP contribution in [0.3, 0.4) is 0 Å². The average molecular weight is 290 g/mol. The Morgan fingerprint density at radius 2 is 2.00 bits per heavy atom. The van der Waals surface area contributed by atoms with Gasteiger partial charge in [0, 0.05) is 38.2 Å². The second kappa shape index (κ2) is 6.15. The summed E-state index contributed by atoms with van der Waals surface area (Å²) in [6, 6.07) is 2.40. The van der Waals surface area contributed by atoms with Gasteiger partial charge in [-0.2, -0.15) is 4.98 Å². The summed E-state index contributed by atoms with van der Waals surface area (Å²) in [5.74, 6) is 1.75. The first-order chi connectivity index (χ1) is 10.1. The van der Waals surface area contributed by atoms with Crippen molar-refractivity contribution in [2.75, 3.05) is 43.9 Å². The SMILES string of the molecule is CN(CCN1CCCC1)c1cc(C2CC(N)C2)nc(N)n1. The van der Waals surface area contributed by atoms with Crippen LogP contribution in [0.5, 0.6) is 0 Å². The van der Waals surface area contributed by atoms with Crippen molar-refractivity contribution in [3.05, 3.63) is 11.8 Å². The molecule has 2 aliphatic rings. The summed E-state index contributed by atoms with van der Waals surface area (Å²) in [7, 11) is 2.08. The first-order valence-corrected chi connectivity index (χ1v) is 7.95. The van der Waals surface area contributed by atoms with Gasteiger partial charge >= 0.3 is 0 Å². The lowest BCUT2D eigenvalue weighted by Crippen LogP contribution is -2.35. The van der Waals surface area contributed by atoms with Crippen LogP contribution in [0.4, 0.5) is 11.8 Å². The van der Waals surface area contributed by atoms with Crippen molar-refractivity contribution in [3.8, 4) is 0 Å². The fraction of sp³-hybridized carbons (Fsp3) is 0.733. The van der Waals surface area contributed by atoms with Gasteiger partial charge in [0.15, 0.2) is 0 Å². The number of likely N-dealkylation sites (N-methyl/N-ethyl adjacent to an activating group) is 1. The summed E-state index contributed by atoms with van der Waals surface area (Å²) in [5.41, 5.74) is 12.8. The number of rotatable bonds is 5. The van der Waals surface area contributed by atoms with Crippen LogP contribution in [0.25, 0.3) is 0 Å². The van der Waals surface area contributed by atoms with Gasteiger partial charge in [-0.25, -0.2) is 4.98 Å². The highest BCUT2D eigenvalue weighted by molar-refractivity contribution is 5.44. The monoisotopic (exact) mass is 290 g/mol. The number of likely N-dealkylation sites (tertiary alicyclic amines) is 1. The van der Waals surface area contributed by atoms with E-state index in [-0.39, 0.29) is 0 Å². The lowest BCUT2D eigenvalue weighted by atomic mass is 9.78. The highest BCUT2D eigenvalue weighted by Gasteiger charge is 2.29. The molecule has 0 spiro atoms. The van der Waals surface area contributed by atoms with Crippen molar-refractivity contribution in [2.45, 2.75) is 37.6 Å². The molecule has 0 radical (unpaired) electrons. The van der Waals surface area contributed by atoms with Crippen LogP contribution in [0.15, 0.2) is 6.07 Å². The van der Waals surface area contributed by atoms with Gasteiger partial charge < -0.3 is 21.3 Å². The van der Waals surface area contributed by atoms with Gasteiger partial charge in [0.25, 0.3) is 0 Å². The highest BCUT2D eigenvalue weighted by atomic mass is 15.2. The molecule has 1 saturated carbocycles. The lowest BCUT2D eigenvalue weighted by Gasteiger charge is -2.32. The van der Waals surface area contributed by atoms with Gasteiger partial charge in [-0.1, -0.05) is 0 Å². The zero-order valence-corrected chi connectivity index (χ0v) is 12.8. The van der Waals surface area contributed by atoms with Crippen molar-refractivity contribution in [1.82, 2.24) is 14.9 Å². The Morgan fingerprint density at radius 3 is 2.67 bits per heavy atom. The smallest absolute Gasteiger partial charge is 0.222 e. The standard InChI is InChI=1S/C15H26N6/c1-20(6-7-21-4-2-3-5-21)14-10-13(18-15(17)19-14)11-8-12(16)9-11/h10-12H,2-9,16H2,1H3,(H2,17,18,19). The lowest BCUT2D eigenvalue weighted by molar-refractivity contribution is 0.343. The first kappa shape index (κ1) is 14.5. The number of anilines is 2. The Hall–Kier alpha value is -1.40. The van der Waals surface area contributed by atoms with Gasteiger partial charge in [-0.3, -0.25) is 0 Å². The van der Waals surface area contributed by atoms with Crippen LogP contribution >= 0.6 is 0 Å². The highest BCUT2D eigenvalue weighted by Crippen LogP contribution is 2.35. The van der Waals surface area contributed by atoms with E-state index in [2.05, 4.69) is 32.9 Å². The molecule has 0 amide bonds. The van der Waals surface area contributed by atoms with E-state index in [9.17, 15) is 0 Å². The largest absolute Gasteiger partial charge is 0.368 e. The predicted octanol–water partition coefficient (Wildman–Crippen LogP) is 0.796. The molecule has 1 aromatic heterocycles. The van der Waals surface area contributed by atoms with Crippen molar-refractivity contribution in [1.29, 1.82) is 0 Å². The Morgan fingerprint density at radius 1 is 1.29 bits per heavy atom. The van der Waals surface area contributed by atoms with Gasteiger partial charge in [0.2, 0.25) is 5.95 Å². The summed E-state index contributed by atoms with van der Waals surface area (Å²) in [6.07, 6.45) is 4.67. The van der Waals surface area contributed by atoms with E-state index in [1.165, 1.54) is 25.9 Å². The Balaban J connectivity index is 1.63. The molecule has 0 bridgehead atoms. The summed E-state index contributed by atoms with van der Waals surface area (Å²) in [4.78, 5) is 13.5. The summed E-state index contributed by atoms with van der Waals surface area (Å²) in [5, 5.41) is 0. The minimum atomic E-state index is 0.322. The van der Waals surface area contributed by atoms with Crippen LogP contribution in [0, 0.1) is 0 Å². The molecule has 4 N–H and O–H groups in total. The maximum atomic E-state index is 5.88. The molecule has 2 heterocycles. The molecule has 0 atom stereocenters. The predicted molar refractivity (Wildman–Crippen MR) is 85.3 cm³/mol. The Labute approximate surface area is 126 Å². The van der Waals surface area contributed by atoms with E-state index in [4.69, 9.17) is 11.5 Å².